The van der Waals surface area contributed by atoms with Gasteiger partial charge in [-0.25, -0.2) is 9.37 Å². The molecule has 2 aromatic rings. The maximum atomic E-state index is 14.4. The van der Waals surface area contributed by atoms with E-state index in [0.717, 1.165) is 0 Å². The van der Waals surface area contributed by atoms with Crippen LogP contribution in [0.2, 0.25) is 0 Å². The van der Waals surface area contributed by atoms with Gasteiger partial charge in [-0.1, -0.05) is 18.7 Å². The molecule has 1 aliphatic rings. The van der Waals surface area contributed by atoms with Gasteiger partial charge in [0.1, 0.15) is 11.9 Å². The Labute approximate surface area is 153 Å². The molecule has 0 spiro atoms. The summed E-state index contributed by atoms with van der Waals surface area (Å²) in [6.45, 7) is 4.08. The number of fused-ring (bicyclic) bond motifs is 1. The molecule has 1 fully saturated rings. The summed E-state index contributed by atoms with van der Waals surface area (Å²) in [4.78, 5) is 16.9. The van der Waals surface area contributed by atoms with Crippen LogP contribution in [0, 0.1) is 0 Å². The molecule has 2 atom stereocenters. The van der Waals surface area contributed by atoms with Crippen LogP contribution in [0.25, 0.3) is 16.3 Å². The van der Waals surface area contributed by atoms with Crippen LogP contribution in [0.4, 0.5) is 23.2 Å². The molecule has 0 amide bonds. The zero-order chi connectivity index (χ0) is 19.8. The minimum atomic E-state index is -4.68. The summed E-state index contributed by atoms with van der Waals surface area (Å²) in [6.07, 6.45) is -4.85. The minimum absolute atomic E-state index is 0.141. The summed E-state index contributed by atoms with van der Waals surface area (Å²) >= 11 is 0. The number of alkyl halides is 4. The molecule has 27 heavy (non-hydrogen) atoms. The summed E-state index contributed by atoms with van der Waals surface area (Å²) in [5, 5.41) is 3.67. The second-order valence-corrected chi connectivity index (χ2v) is 6.71. The number of aldehydes is 1. The van der Waals surface area contributed by atoms with Gasteiger partial charge in [-0.3, -0.25) is 4.79 Å². The van der Waals surface area contributed by atoms with Crippen molar-refractivity contribution in [2.75, 3.05) is 25.5 Å². The van der Waals surface area contributed by atoms with Gasteiger partial charge in [-0.15, -0.1) is 0 Å². The number of hydrogen-bond donors (Lipinski definition) is 1. The van der Waals surface area contributed by atoms with Crippen LogP contribution in [-0.2, 0) is 0 Å². The van der Waals surface area contributed by atoms with E-state index in [9.17, 15) is 22.4 Å². The number of likely N-dealkylation sites (tertiary alicyclic amines) is 1. The lowest BCUT2D eigenvalue weighted by molar-refractivity contribution is -0.0688. The molecule has 1 N–H and O–H groups in total. The van der Waals surface area contributed by atoms with Crippen molar-refractivity contribution in [3.8, 4) is 0 Å². The highest BCUT2D eigenvalue weighted by atomic mass is 19.4. The predicted molar refractivity (Wildman–Crippen MR) is 96.6 cm³/mol. The first kappa shape index (κ1) is 19.3. The fraction of sp³-hybridized carbons (Fsp3) is 0.368. The van der Waals surface area contributed by atoms with E-state index < -0.39 is 29.7 Å². The summed E-state index contributed by atoms with van der Waals surface area (Å²) < 4.78 is 53.8. The number of aromatic nitrogens is 1. The number of benzene rings is 1. The highest BCUT2D eigenvalue weighted by Gasteiger charge is 2.35. The van der Waals surface area contributed by atoms with Crippen LogP contribution >= 0.6 is 0 Å². The van der Waals surface area contributed by atoms with Gasteiger partial charge in [0, 0.05) is 29.5 Å². The lowest BCUT2D eigenvalue weighted by Gasteiger charge is -2.33. The Bertz CT molecular complexity index is 881. The zero-order valence-electron chi connectivity index (χ0n) is 14.7. The van der Waals surface area contributed by atoms with Crippen molar-refractivity contribution in [2.45, 2.75) is 24.8 Å². The zero-order valence-corrected chi connectivity index (χ0v) is 14.7. The molecule has 0 bridgehead atoms. The number of halogens is 4. The number of allylic oxidation sites excluding steroid dienone is 1. The van der Waals surface area contributed by atoms with Crippen molar-refractivity contribution in [2.24, 2.45) is 0 Å². The average Bonchev–Trinajstić information content (AvgIpc) is 2.62. The van der Waals surface area contributed by atoms with Gasteiger partial charge < -0.3 is 10.2 Å². The Morgan fingerprint density at radius 2 is 2.11 bits per heavy atom. The van der Waals surface area contributed by atoms with Crippen molar-refractivity contribution in [3.05, 3.63) is 42.2 Å². The van der Waals surface area contributed by atoms with Gasteiger partial charge >= 0.3 is 6.18 Å². The van der Waals surface area contributed by atoms with E-state index in [0.29, 0.717) is 30.3 Å². The minimum Gasteiger partial charge on any atom is -0.379 e. The summed E-state index contributed by atoms with van der Waals surface area (Å²) in [5.74, 6) is 0. The monoisotopic (exact) mass is 381 g/mol. The standard InChI is InChI=1S/C19H19F4N3O/c1-11(19(21,22)23)18-13-4-3-5-16(14(13)8-12(10-27)24-18)25-17-6-7-26(2)9-15(17)20/h3-5,8,10,15,17,25H,1,6-7,9H2,2H3/t15-,17+/m0/s1. The number of carbonyl (C=O) groups excluding carboxylic acids is 1. The van der Waals surface area contributed by atoms with E-state index in [4.69, 9.17) is 0 Å². The van der Waals surface area contributed by atoms with E-state index in [1.165, 1.54) is 12.1 Å². The predicted octanol–water partition coefficient (Wildman–Crippen LogP) is 4.08. The molecule has 1 aromatic heterocycles. The van der Waals surface area contributed by atoms with Gasteiger partial charge in [0.15, 0.2) is 6.29 Å². The van der Waals surface area contributed by atoms with Crippen molar-refractivity contribution >= 4 is 28.3 Å². The molecule has 8 heteroatoms. The lowest BCUT2D eigenvalue weighted by atomic mass is 9.99. The fourth-order valence-corrected chi connectivity index (χ4v) is 3.27. The maximum absolute atomic E-state index is 14.4. The third-order valence-corrected chi connectivity index (χ3v) is 4.73. The normalized spacial score (nSPS) is 21.2. The van der Waals surface area contributed by atoms with Gasteiger partial charge in [0.2, 0.25) is 0 Å². The molecule has 144 valence electrons. The average molecular weight is 381 g/mol. The Morgan fingerprint density at radius 3 is 2.74 bits per heavy atom. The van der Waals surface area contributed by atoms with Crippen molar-refractivity contribution in [1.29, 1.82) is 0 Å². The van der Waals surface area contributed by atoms with Crippen LogP contribution in [0.1, 0.15) is 22.6 Å². The molecule has 0 saturated carbocycles. The molecule has 4 nitrogen and oxygen atoms in total. The highest BCUT2D eigenvalue weighted by Crippen LogP contribution is 2.37. The Hall–Kier alpha value is -2.48. The maximum Gasteiger partial charge on any atom is 0.417 e. The van der Waals surface area contributed by atoms with Crippen LogP contribution < -0.4 is 5.32 Å². The van der Waals surface area contributed by atoms with E-state index >= 15 is 0 Å². The number of nitrogens with one attached hydrogen (secondary N) is 1. The Kier molecular flexibility index (Phi) is 5.19. The van der Waals surface area contributed by atoms with Gasteiger partial charge in [0.05, 0.1) is 17.3 Å². The van der Waals surface area contributed by atoms with Gasteiger partial charge in [-0.05, 0) is 25.6 Å². The molecule has 0 unspecified atom stereocenters. The second kappa shape index (κ2) is 7.26. The van der Waals surface area contributed by atoms with E-state index in [2.05, 4.69) is 16.9 Å². The van der Waals surface area contributed by atoms with Gasteiger partial charge in [-0.2, -0.15) is 13.2 Å². The van der Waals surface area contributed by atoms with Crippen LogP contribution in [0.3, 0.4) is 0 Å². The molecule has 1 saturated heterocycles. The van der Waals surface area contributed by atoms with Crippen molar-refractivity contribution < 1.29 is 22.4 Å². The molecule has 1 aromatic carbocycles. The second-order valence-electron chi connectivity index (χ2n) is 6.71. The highest BCUT2D eigenvalue weighted by molar-refractivity contribution is 6.02. The van der Waals surface area contributed by atoms with Crippen LogP contribution in [0.15, 0.2) is 30.8 Å². The first-order chi connectivity index (χ1) is 12.7. The van der Waals surface area contributed by atoms with E-state index in [1.807, 2.05) is 11.9 Å². The first-order valence-corrected chi connectivity index (χ1v) is 8.45. The molecule has 1 aliphatic heterocycles. The number of pyridine rings is 1. The largest absolute Gasteiger partial charge is 0.417 e. The van der Waals surface area contributed by atoms with Crippen LogP contribution in [0.5, 0.6) is 0 Å². The molecular weight excluding hydrogens is 362 g/mol. The first-order valence-electron chi connectivity index (χ1n) is 8.45. The van der Waals surface area contributed by atoms with Crippen molar-refractivity contribution in [1.82, 2.24) is 9.88 Å². The van der Waals surface area contributed by atoms with Crippen molar-refractivity contribution in [3.63, 3.8) is 0 Å². The molecule has 0 radical (unpaired) electrons. The molecule has 0 aliphatic carbocycles. The fourth-order valence-electron chi connectivity index (χ4n) is 3.27. The number of rotatable bonds is 4. The molecular formula is C19H19F4N3O. The smallest absolute Gasteiger partial charge is 0.379 e. The summed E-state index contributed by atoms with van der Waals surface area (Å²) in [7, 11) is 1.83. The third-order valence-electron chi connectivity index (χ3n) is 4.73. The van der Waals surface area contributed by atoms with Gasteiger partial charge in [0.25, 0.3) is 0 Å². The summed E-state index contributed by atoms with van der Waals surface area (Å²) in [5.41, 5.74) is -1.20. The number of hydrogen-bond acceptors (Lipinski definition) is 4. The Balaban J connectivity index is 2.07. The topological polar surface area (TPSA) is 45.2 Å². The Morgan fingerprint density at radius 1 is 1.37 bits per heavy atom. The number of nitrogens with zero attached hydrogens (tertiary/aromatic N) is 2. The molecule has 3 rings (SSSR count). The lowest BCUT2D eigenvalue weighted by Crippen LogP contribution is -2.46. The SMILES string of the molecule is C=C(c1nc(C=O)cc2c(N[C@@H]3CCN(C)C[C@@H]3F)cccc12)C(F)(F)F. The van der Waals surface area contributed by atoms with E-state index in [1.54, 1.807) is 12.1 Å². The number of piperidine rings is 1. The number of anilines is 1. The van der Waals surface area contributed by atoms with E-state index in [-0.39, 0.29) is 17.6 Å². The number of carbonyl (C=O) groups is 1. The summed E-state index contributed by atoms with van der Waals surface area (Å²) in [6, 6.07) is 5.65. The quantitative estimate of drug-likeness (QED) is 0.640. The third kappa shape index (κ3) is 3.95. The molecule has 2 heterocycles. The van der Waals surface area contributed by atoms with Crippen LogP contribution in [-0.4, -0.2) is 54.7 Å².